The highest BCUT2D eigenvalue weighted by Gasteiger charge is 2.43. The van der Waals surface area contributed by atoms with Crippen molar-refractivity contribution in [3.8, 4) is 0 Å². The summed E-state index contributed by atoms with van der Waals surface area (Å²) in [7, 11) is 0. The Hall–Kier alpha value is -2.25. The Labute approximate surface area is 165 Å². The minimum Gasteiger partial charge on any atom is -0.309 e. The van der Waals surface area contributed by atoms with Gasteiger partial charge in [0.2, 0.25) is 5.95 Å². The Balaban J connectivity index is 1.85. The van der Waals surface area contributed by atoms with Gasteiger partial charge < -0.3 is 4.90 Å². The summed E-state index contributed by atoms with van der Waals surface area (Å²) >= 11 is 11.7. The van der Waals surface area contributed by atoms with Gasteiger partial charge in [-0.05, 0) is 18.6 Å². The number of carbonyl (C=O) groups excluding carboxylic acids is 2. The lowest BCUT2D eigenvalue weighted by atomic mass is 10.1. The number of nitrogens with zero attached hydrogens (tertiary/aromatic N) is 4. The molecule has 3 rings (SSSR count). The minimum absolute atomic E-state index is 0.0539. The van der Waals surface area contributed by atoms with Gasteiger partial charge in [-0.2, -0.15) is 0 Å². The molecule has 2 aromatic rings. The van der Waals surface area contributed by atoms with E-state index in [0.29, 0.717) is 15.6 Å². The highest BCUT2D eigenvalue weighted by Crippen LogP contribution is 2.26. The molecule has 2 amide bonds. The standard InChI is InChI=1S/C18H17Cl2FN4O2/c1-2-14(21)15-9-25(17-22-7-13(20)8-23-17)18(27)24(15)10-16(26)11-4-3-5-12(19)6-11/h3-8,14-15H,2,9-10H2,1H3/t14-,15+/m0/s1. The number of rotatable bonds is 6. The summed E-state index contributed by atoms with van der Waals surface area (Å²) in [4.78, 5) is 36.0. The molecule has 1 saturated heterocycles. The maximum absolute atomic E-state index is 14.5. The van der Waals surface area contributed by atoms with Crippen LogP contribution in [-0.4, -0.2) is 52.0 Å². The van der Waals surface area contributed by atoms with Crippen molar-refractivity contribution >= 4 is 41.0 Å². The minimum atomic E-state index is -1.28. The summed E-state index contributed by atoms with van der Waals surface area (Å²) in [5.74, 6) is -0.201. The largest absolute Gasteiger partial charge is 0.327 e. The number of benzene rings is 1. The molecule has 0 radical (unpaired) electrons. The van der Waals surface area contributed by atoms with Gasteiger partial charge in [0.15, 0.2) is 5.78 Å². The molecular weight excluding hydrogens is 394 g/mol. The highest BCUT2D eigenvalue weighted by atomic mass is 35.5. The van der Waals surface area contributed by atoms with Crippen molar-refractivity contribution < 1.29 is 14.0 Å². The Morgan fingerprint density at radius 2 is 2.00 bits per heavy atom. The van der Waals surface area contributed by atoms with Crippen molar-refractivity contribution in [2.45, 2.75) is 25.6 Å². The fourth-order valence-corrected chi connectivity index (χ4v) is 3.24. The van der Waals surface area contributed by atoms with Crippen LogP contribution in [0.2, 0.25) is 10.0 Å². The molecule has 142 valence electrons. The van der Waals surface area contributed by atoms with Gasteiger partial charge in [0.25, 0.3) is 0 Å². The van der Waals surface area contributed by atoms with Gasteiger partial charge in [-0.1, -0.05) is 42.3 Å². The fourth-order valence-electron chi connectivity index (χ4n) is 2.95. The zero-order valence-electron chi connectivity index (χ0n) is 14.5. The van der Waals surface area contributed by atoms with Gasteiger partial charge in [0.1, 0.15) is 6.17 Å². The molecule has 0 unspecified atom stereocenters. The number of hydrogen-bond acceptors (Lipinski definition) is 4. The summed E-state index contributed by atoms with van der Waals surface area (Å²) in [6.45, 7) is 1.49. The van der Waals surface area contributed by atoms with Crippen LogP contribution >= 0.6 is 23.2 Å². The maximum atomic E-state index is 14.5. The van der Waals surface area contributed by atoms with E-state index in [1.165, 1.54) is 28.3 Å². The zero-order chi connectivity index (χ0) is 19.6. The molecule has 0 N–H and O–H groups in total. The van der Waals surface area contributed by atoms with Gasteiger partial charge >= 0.3 is 6.03 Å². The molecule has 1 aromatic carbocycles. The van der Waals surface area contributed by atoms with Crippen molar-refractivity contribution in [3.05, 3.63) is 52.3 Å². The highest BCUT2D eigenvalue weighted by molar-refractivity contribution is 6.31. The lowest BCUT2D eigenvalue weighted by molar-refractivity contribution is 0.0902. The number of ketones is 1. The molecule has 1 aromatic heterocycles. The fraction of sp³-hybridized carbons (Fsp3) is 0.333. The first-order valence-corrected chi connectivity index (χ1v) is 9.14. The topological polar surface area (TPSA) is 66.4 Å². The number of alkyl halides is 1. The second kappa shape index (κ2) is 8.19. The third kappa shape index (κ3) is 4.20. The van der Waals surface area contributed by atoms with Crippen LogP contribution in [0.5, 0.6) is 0 Å². The van der Waals surface area contributed by atoms with Crippen LogP contribution in [-0.2, 0) is 0 Å². The molecule has 27 heavy (non-hydrogen) atoms. The van der Waals surface area contributed by atoms with E-state index in [0.717, 1.165) is 0 Å². The smallest absolute Gasteiger partial charge is 0.309 e. The van der Waals surface area contributed by atoms with Gasteiger partial charge in [-0.3, -0.25) is 9.69 Å². The normalized spacial score (nSPS) is 18.1. The maximum Gasteiger partial charge on any atom is 0.327 e. The van der Waals surface area contributed by atoms with Crippen LogP contribution in [0.1, 0.15) is 23.7 Å². The molecule has 1 fully saturated rings. The first-order valence-electron chi connectivity index (χ1n) is 8.39. The summed E-state index contributed by atoms with van der Waals surface area (Å²) in [5, 5.41) is 0.741. The third-order valence-electron chi connectivity index (χ3n) is 4.36. The van der Waals surface area contributed by atoms with Crippen molar-refractivity contribution in [2.75, 3.05) is 18.0 Å². The predicted octanol–water partition coefficient (Wildman–Crippen LogP) is 4.03. The molecule has 0 bridgehead atoms. The molecule has 0 aliphatic carbocycles. The van der Waals surface area contributed by atoms with E-state index in [-0.39, 0.29) is 31.2 Å². The monoisotopic (exact) mass is 410 g/mol. The Kier molecular flexibility index (Phi) is 5.92. The number of amides is 2. The molecule has 1 aliphatic heterocycles. The van der Waals surface area contributed by atoms with Gasteiger partial charge in [0.05, 0.1) is 36.5 Å². The van der Waals surface area contributed by atoms with Crippen LogP contribution in [0.3, 0.4) is 0 Å². The van der Waals surface area contributed by atoms with E-state index < -0.39 is 18.2 Å². The van der Waals surface area contributed by atoms with E-state index in [2.05, 4.69) is 9.97 Å². The second-order valence-electron chi connectivity index (χ2n) is 6.15. The van der Waals surface area contributed by atoms with E-state index >= 15 is 0 Å². The van der Waals surface area contributed by atoms with E-state index in [4.69, 9.17) is 23.2 Å². The van der Waals surface area contributed by atoms with Gasteiger partial charge in [0, 0.05) is 10.6 Å². The Morgan fingerprint density at radius 3 is 2.63 bits per heavy atom. The number of Topliss-reactive ketones (excluding diaryl/α,β-unsaturated/α-hetero) is 1. The number of anilines is 1. The van der Waals surface area contributed by atoms with E-state index in [1.807, 2.05) is 0 Å². The predicted molar refractivity (Wildman–Crippen MR) is 101 cm³/mol. The van der Waals surface area contributed by atoms with Gasteiger partial charge in [-0.15, -0.1) is 0 Å². The van der Waals surface area contributed by atoms with Crippen molar-refractivity contribution in [3.63, 3.8) is 0 Å². The van der Waals surface area contributed by atoms with Crippen LogP contribution in [0, 0.1) is 0 Å². The summed E-state index contributed by atoms with van der Waals surface area (Å²) in [5.41, 5.74) is 0.363. The molecule has 2 atom stereocenters. The number of halogens is 3. The number of aromatic nitrogens is 2. The zero-order valence-corrected chi connectivity index (χ0v) is 16.0. The first kappa shape index (κ1) is 19.5. The molecular formula is C18H17Cl2FN4O2. The molecule has 1 aliphatic rings. The Morgan fingerprint density at radius 1 is 1.30 bits per heavy atom. The second-order valence-corrected chi connectivity index (χ2v) is 7.02. The summed E-state index contributed by atoms with van der Waals surface area (Å²) < 4.78 is 14.5. The lowest BCUT2D eigenvalue weighted by Gasteiger charge is -2.24. The van der Waals surface area contributed by atoms with Gasteiger partial charge in [-0.25, -0.2) is 19.2 Å². The quantitative estimate of drug-likeness (QED) is 0.674. The number of carbonyl (C=O) groups is 2. The molecule has 9 heteroatoms. The first-order chi connectivity index (χ1) is 12.9. The van der Waals surface area contributed by atoms with Crippen molar-refractivity contribution in [2.24, 2.45) is 0 Å². The molecule has 2 heterocycles. The van der Waals surface area contributed by atoms with Crippen LogP contribution in [0.4, 0.5) is 15.1 Å². The van der Waals surface area contributed by atoms with Crippen LogP contribution < -0.4 is 4.90 Å². The Bertz CT molecular complexity index is 850. The summed E-state index contributed by atoms with van der Waals surface area (Å²) in [6.07, 6.45) is 1.66. The summed E-state index contributed by atoms with van der Waals surface area (Å²) in [6, 6.07) is 5.13. The molecule has 6 nitrogen and oxygen atoms in total. The number of urea groups is 1. The van der Waals surface area contributed by atoms with Crippen LogP contribution in [0.25, 0.3) is 0 Å². The van der Waals surface area contributed by atoms with Crippen molar-refractivity contribution in [1.29, 1.82) is 0 Å². The van der Waals surface area contributed by atoms with Crippen molar-refractivity contribution in [1.82, 2.24) is 14.9 Å². The van der Waals surface area contributed by atoms with Crippen LogP contribution in [0.15, 0.2) is 36.7 Å². The average Bonchev–Trinajstić information content (AvgIpc) is 2.98. The van der Waals surface area contributed by atoms with E-state index in [9.17, 15) is 14.0 Å². The SMILES string of the molecule is CC[C@H](F)[C@H]1CN(c2ncc(Cl)cn2)C(=O)N1CC(=O)c1cccc(Cl)c1. The number of hydrogen-bond donors (Lipinski definition) is 0. The third-order valence-corrected chi connectivity index (χ3v) is 4.79. The lowest BCUT2D eigenvalue weighted by Crippen LogP contribution is -2.43. The van der Waals surface area contributed by atoms with E-state index in [1.54, 1.807) is 25.1 Å². The average molecular weight is 411 g/mol. The molecule has 0 spiro atoms. The molecule has 0 saturated carbocycles.